The van der Waals surface area contributed by atoms with E-state index in [0.29, 0.717) is 25.7 Å². The van der Waals surface area contributed by atoms with Crippen LogP contribution >= 0.6 is 23.7 Å². The number of nitrogens with one attached hydrogen (secondary N) is 2. The number of methoxy groups -OCH3 is 1. The minimum absolute atomic E-state index is 0.0168. The molecule has 4 rings (SSSR count). The van der Waals surface area contributed by atoms with E-state index in [1.807, 2.05) is 0 Å². The van der Waals surface area contributed by atoms with E-state index in [-0.39, 0.29) is 17.7 Å². The topological polar surface area (TPSA) is 158 Å². The average molecular weight is 632 g/mol. The summed E-state index contributed by atoms with van der Waals surface area (Å²) in [6.07, 6.45) is 1.56. The van der Waals surface area contributed by atoms with E-state index in [4.69, 9.17) is 18.5 Å². The lowest BCUT2D eigenvalue weighted by Gasteiger charge is -2.31. The number of aliphatic hydroxyl groups is 1. The highest BCUT2D eigenvalue weighted by molar-refractivity contribution is 9.11. The van der Waals surface area contributed by atoms with E-state index in [0.717, 1.165) is 16.7 Å². The minimum Gasteiger partial charge on any atom is -0.468 e. The molecule has 1 saturated heterocycles. The van der Waals surface area contributed by atoms with Crippen LogP contribution in [0, 0.1) is 5.82 Å². The monoisotopic (exact) mass is 631 g/mol. The largest absolute Gasteiger partial charge is 0.468 e. The maximum Gasteiger partial charge on any atom is 0.459 e. The number of aliphatic hydroxyl groups excluding tert-OH is 1. The number of hydrogen-bond acceptors (Lipinski definition) is 9. The molecule has 1 aromatic carbocycles. The standard InChI is InChI=1S/C24H28BrFN3O9P/c1-35-22(32)24(9-2-3-10-24)28-39(34,38-17-6-4-16(26)5-7-17)36-14-19-18(30)12-20(37-19)29-13-15(8-11-25)21(31)27-23(29)33/h4-8,11,13,18-20,30H,2-3,9-10,12,14H2,1H3,(H,28,34)(H,27,31,33)/t18?,19-,20-,39?/m1/s1. The van der Waals surface area contributed by atoms with Crippen LogP contribution in [0.15, 0.2) is 45.0 Å². The van der Waals surface area contributed by atoms with Crippen molar-refractivity contribution >= 4 is 35.7 Å². The van der Waals surface area contributed by atoms with E-state index in [9.17, 15) is 28.4 Å². The second-order valence-corrected chi connectivity index (χ2v) is 11.4. The van der Waals surface area contributed by atoms with Crippen molar-refractivity contribution in [1.82, 2.24) is 14.6 Å². The van der Waals surface area contributed by atoms with Crippen molar-refractivity contribution in [1.29, 1.82) is 0 Å². The molecule has 2 fully saturated rings. The molecule has 2 aliphatic rings. The third-order valence-corrected chi connectivity index (χ3v) is 8.49. The molecule has 212 valence electrons. The van der Waals surface area contributed by atoms with Crippen LogP contribution in [0.5, 0.6) is 5.75 Å². The van der Waals surface area contributed by atoms with Gasteiger partial charge in [0.15, 0.2) is 0 Å². The summed E-state index contributed by atoms with van der Waals surface area (Å²) in [5.41, 5.74) is -2.49. The van der Waals surface area contributed by atoms with Gasteiger partial charge in [-0.1, -0.05) is 28.8 Å². The second kappa shape index (κ2) is 12.3. The number of esters is 1. The van der Waals surface area contributed by atoms with Crippen molar-refractivity contribution in [2.24, 2.45) is 0 Å². The molecule has 39 heavy (non-hydrogen) atoms. The Morgan fingerprint density at radius 3 is 2.67 bits per heavy atom. The molecule has 2 heterocycles. The summed E-state index contributed by atoms with van der Waals surface area (Å²) in [6, 6.07) is 4.73. The maximum absolute atomic E-state index is 14.0. The van der Waals surface area contributed by atoms with E-state index in [1.54, 1.807) is 0 Å². The summed E-state index contributed by atoms with van der Waals surface area (Å²) in [6.45, 7) is -0.452. The average Bonchev–Trinajstić information content (AvgIpc) is 3.52. The molecule has 1 saturated carbocycles. The van der Waals surface area contributed by atoms with Crippen LogP contribution in [0.25, 0.3) is 6.08 Å². The number of carbonyl (C=O) groups is 1. The molecular formula is C24H28BrFN3O9P. The van der Waals surface area contributed by atoms with E-state index in [1.165, 1.54) is 36.5 Å². The van der Waals surface area contributed by atoms with Crippen molar-refractivity contribution < 1.29 is 37.4 Å². The third kappa shape index (κ3) is 6.76. The van der Waals surface area contributed by atoms with Crippen molar-refractivity contribution in [2.75, 3.05) is 13.7 Å². The Bertz CT molecular complexity index is 1370. The highest BCUT2D eigenvalue weighted by Crippen LogP contribution is 2.50. The molecule has 2 unspecified atom stereocenters. The lowest BCUT2D eigenvalue weighted by atomic mass is 10.00. The van der Waals surface area contributed by atoms with Gasteiger partial charge >= 0.3 is 19.4 Å². The Morgan fingerprint density at radius 1 is 1.33 bits per heavy atom. The number of H-pyrrole nitrogens is 1. The van der Waals surface area contributed by atoms with Crippen LogP contribution in [-0.2, 0) is 23.4 Å². The van der Waals surface area contributed by atoms with Crippen LogP contribution in [0.4, 0.5) is 4.39 Å². The number of hydrogen-bond donors (Lipinski definition) is 3. The van der Waals surface area contributed by atoms with Crippen LogP contribution < -0.4 is 20.9 Å². The highest BCUT2D eigenvalue weighted by atomic mass is 79.9. The quantitative estimate of drug-likeness (QED) is 0.263. The Morgan fingerprint density at radius 2 is 2.03 bits per heavy atom. The van der Waals surface area contributed by atoms with Crippen molar-refractivity contribution in [3.8, 4) is 5.75 Å². The number of halogens is 2. The first-order chi connectivity index (χ1) is 18.6. The third-order valence-electron chi connectivity index (χ3n) is 6.58. The molecule has 0 amide bonds. The molecule has 4 atom stereocenters. The Labute approximate surface area is 230 Å². The summed E-state index contributed by atoms with van der Waals surface area (Å²) in [4.78, 5) is 40.7. The van der Waals surface area contributed by atoms with Crippen LogP contribution in [0.1, 0.15) is 43.9 Å². The summed E-state index contributed by atoms with van der Waals surface area (Å²) in [5, 5.41) is 13.4. The lowest BCUT2D eigenvalue weighted by molar-refractivity contribution is -0.147. The second-order valence-electron chi connectivity index (χ2n) is 9.21. The van der Waals surface area contributed by atoms with Gasteiger partial charge in [0.2, 0.25) is 0 Å². The number of ether oxygens (including phenoxy) is 2. The lowest BCUT2D eigenvalue weighted by Crippen LogP contribution is -2.50. The van der Waals surface area contributed by atoms with Crippen molar-refractivity contribution in [3.05, 3.63) is 67.7 Å². The van der Waals surface area contributed by atoms with Crippen LogP contribution in [0.2, 0.25) is 0 Å². The number of aromatic nitrogens is 2. The van der Waals surface area contributed by atoms with E-state index >= 15 is 0 Å². The molecule has 15 heteroatoms. The summed E-state index contributed by atoms with van der Waals surface area (Å²) in [5.74, 6) is -1.15. The first kappa shape index (κ1) is 29.4. The normalized spacial score (nSPS) is 24.1. The number of carbonyl (C=O) groups excluding carboxylic acids is 1. The van der Waals surface area contributed by atoms with Gasteiger partial charge in [-0.2, -0.15) is 5.09 Å². The molecule has 3 N–H and O–H groups in total. The fourth-order valence-corrected chi connectivity index (χ4v) is 6.65. The van der Waals surface area contributed by atoms with Gasteiger partial charge in [-0.3, -0.25) is 23.7 Å². The first-order valence-corrected chi connectivity index (χ1v) is 14.6. The molecular weight excluding hydrogens is 604 g/mol. The Balaban J connectivity index is 1.55. The van der Waals surface area contributed by atoms with Gasteiger partial charge in [0, 0.05) is 12.6 Å². The van der Waals surface area contributed by atoms with Gasteiger partial charge in [0.1, 0.15) is 29.4 Å². The molecule has 1 aliphatic carbocycles. The molecule has 0 radical (unpaired) electrons. The molecule has 0 spiro atoms. The zero-order chi connectivity index (χ0) is 28.2. The zero-order valence-corrected chi connectivity index (χ0v) is 23.4. The predicted octanol–water partition coefficient (Wildman–Crippen LogP) is 2.97. The number of benzene rings is 1. The van der Waals surface area contributed by atoms with Gasteiger partial charge in [-0.15, -0.1) is 0 Å². The summed E-state index contributed by atoms with van der Waals surface area (Å²) >= 11 is 3.08. The number of rotatable bonds is 10. The molecule has 2 aromatic rings. The van der Waals surface area contributed by atoms with Gasteiger partial charge < -0.3 is 19.1 Å². The molecule has 1 aromatic heterocycles. The van der Waals surface area contributed by atoms with Gasteiger partial charge in [0.05, 0.1) is 25.4 Å². The fraction of sp³-hybridized carbons (Fsp3) is 0.458. The Hall–Kier alpha value is -2.61. The van der Waals surface area contributed by atoms with Crippen LogP contribution in [0.3, 0.4) is 0 Å². The molecule has 12 nitrogen and oxygen atoms in total. The smallest absolute Gasteiger partial charge is 0.459 e. The van der Waals surface area contributed by atoms with Gasteiger partial charge in [-0.25, -0.2) is 13.8 Å². The SMILES string of the molecule is COC(=O)C1(NP(=O)(OC[C@H]2O[C@@H](n3cc(C=CBr)c(=O)[nH]c3=O)CC2O)Oc2ccc(F)cc2)CCCC1. The van der Waals surface area contributed by atoms with Gasteiger partial charge in [-0.05, 0) is 48.2 Å². The van der Waals surface area contributed by atoms with Crippen molar-refractivity contribution in [3.63, 3.8) is 0 Å². The number of nitrogens with zero attached hydrogens (tertiary/aromatic N) is 1. The Kier molecular flexibility index (Phi) is 9.25. The molecule has 1 aliphatic heterocycles. The fourth-order valence-electron chi connectivity index (χ4n) is 4.62. The summed E-state index contributed by atoms with van der Waals surface area (Å²) < 4.78 is 50.6. The van der Waals surface area contributed by atoms with E-state index < -0.39 is 61.4 Å². The predicted molar refractivity (Wildman–Crippen MR) is 141 cm³/mol. The van der Waals surface area contributed by atoms with Crippen LogP contribution in [-0.4, -0.2) is 52.1 Å². The van der Waals surface area contributed by atoms with Crippen molar-refractivity contribution in [2.45, 2.75) is 56.1 Å². The minimum atomic E-state index is -4.34. The zero-order valence-electron chi connectivity index (χ0n) is 20.9. The van der Waals surface area contributed by atoms with Gasteiger partial charge in [0.25, 0.3) is 5.56 Å². The number of aromatic amines is 1. The summed E-state index contributed by atoms with van der Waals surface area (Å²) in [7, 11) is -3.12. The molecule has 0 bridgehead atoms. The highest BCUT2D eigenvalue weighted by Gasteiger charge is 2.49. The maximum atomic E-state index is 14.0. The first-order valence-electron chi connectivity index (χ1n) is 12.1. The van der Waals surface area contributed by atoms with E-state index in [2.05, 4.69) is 26.0 Å².